The van der Waals surface area contributed by atoms with Crippen molar-refractivity contribution in [3.05, 3.63) is 71.8 Å². The molecule has 5 heteroatoms. The van der Waals surface area contributed by atoms with Crippen LogP contribution in [0.3, 0.4) is 0 Å². The molecule has 0 bridgehead atoms. The highest BCUT2D eigenvalue weighted by atomic mass is 16.6. The molecule has 0 aromatic heterocycles. The molecular formula is C23H28O5. The van der Waals surface area contributed by atoms with E-state index in [9.17, 15) is 4.79 Å². The van der Waals surface area contributed by atoms with Crippen LogP contribution < -0.4 is 0 Å². The van der Waals surface area contributed by atoms with Crippen molar-refractivity contribution in [3.63, 3.8) is 0 Å². The fraction of sp³-hybridized carbons (Fsp3) is 0.435. The second-order valence-electron chi connectivity index (χ2n) is 6.88. The molecule has 2 aromatic carbocycles. The average molecular weight is 384 g/mol. The number of ether oxygens (including phenoxy) is 4. The van der Waals surface area contributed by atoms with E-state index < -0.39 is 0 Å². The van der Waals surface area contributed by atoms with Crippen molar-refractivity contribution in [2.75, 3.05) is 13.2 Å². The molecule has 1 aliphatic rings. The summed E-state index contributed by atoms with van der Waals surface area (Å²) in [6.45, 7) is 3.64. The van der Waals surface area contributed by atoms with Gasteiger partial charge < -0.3 is 18.9 Å². The van der Waals surface area contributed by atoms with Gasteiger partial charge in [0.05, 0.1) is 45.1 Å². The van der Waals surface area contributed by atoms with E-state index in [-0.39, 0.29) is 30.7 Å². The predicted octanol–water partition coefficient (Wildman–Crippen LogP) is 3.90. The first-order valence-corrected chi connectivity index (χ1v) is 9.83. The summed E-state index contributed by atoms with van der Waals surface area (Å²) in [5.41, 5.74) is 2.23. The Hall–Kier alpha value is -2.21. The van der Waals surface area contributed by atoms with Gasteiger partial charge in [-0.2, -0.15) is 0 Å². The van der Waals surface area contributed by atoms with E-state index in [1.165, 1.54) is 0 Å². The van der Waals surface area contributed by atoms with Crippen LogP contribution in [0.15, 0.2) is 60.7 Å². The molecule has 0 aliphatic carbocycles. The zero-order valence-corrected chi connectivity index (χ0v) is 16.3. The van der Waals surface area contributed by atoms with E-state index in [1.54, 1.807) is 6.92 Å². The highest BCUT2D eigenvalue weighted by molar-refractivity contribution is 5.70. The van der Waals surface area contributed by atoms with E-state index in [0.717, 1.165) is 11.1 Å². The molecule has 0 N–H and O–H groups in total. The molecular weight excluding hydrogens is 356 g/mol. The summed E-state index contributed by atoms with van der Waals surface area (Å²) >= 11 is 0. The van der Waals surface area contributed by atoms with Crippen LogP contribution in [-0.2, 0) is 37.0 Å². The van der Waals surface area contributed by atoms with Crippen molar-refractivity contribution in [3.8, 4) is 0 Å². The first-order valence-electron chi connectivity index (χ1n) is 9.83. The number of hydrogen-bond donors (Lipinski definition) is 0. The molecule has 1 fully saturated rings. The number of benzene rings is 2. The SMILES string of the molecule is CCOC(=O)C[C@H]1C[C@H](OCc2ccccc2)[C@@H](COCc2ccccc2)O1. The third-order valence-corrected chi connectivity index (χ3v) is 4.68. The maximum absolute atomic E-state index is 11.8. The molecule has 5 nitrogen and oxygen atoms in total. The molecule has 0 spiro atoms. The van der Waals surface area contributed by atoms with Crippen molar-refractivity contribution in [1.82, 2.24) is 0 Å². The Bertz CT molecular complexity index is 703. The van der Waals surface area contributed by atoms with Gasteiger partial charge in [0, 0.05) is 6.42 Å². The maximum Gasteiger partial charge on any atom is 0.308 e. The summed E-state index contributed by atoms with van der Waals surface area (Å²) in [5.74, 6) is -0.236. The molecule has 0 saturated carbocycles. The van der Waals surface area contributed by atoms with Crippen LogP contribution >= 0.6 is 0 Å². The molecule has 1 aliphatic heterocycles. The Labute approximate surface area is 166 Å². The molecule has 3 atom stereocenters. The van der Waals surface area contributed by atoms with Gasteiger partial charge in [0.1, 0.15) is 6.10 Å². The molecule has 1 heterocycles. The lowest BCUT2D eigenvalue weighted by molar-refractivity contribution is -0.146. The first kappa shape index (κ1) is 20.5. The van der Waals surface area contributed by atoms with Crippen molar-refractivity contribution in [2.24, 2.45) is 0 Å². The van der Waals surface area contributed by atoms with Crippen LogP contribution in [0.4, 0.5) is 0 Å². The van der Waals surface area contributed by atoms with Gasteiger partial charge >= 0.3 is 5.97 Å². The summed E-state index contributed by atoms with van der Waals surface area (Å²) < 4.78 is 23.1. The van der Waals surface area contributed by atoms with E-state index >= 15 is 0 Å². The number of hydrogen-bond acceptors (Lipinski definition) is 5. The van der Waals surface area contributed by atoms with Gasteiger partial charge in [0.15, 0.2) is 0 Å². The third kappa shape index (κ3) is 6.44. The van der Waals surface area contributed by atoms with Crippen molar-refractivity contribution < 1.29 is 23.7 Å². The summed E-state index contributed by atoms with van der Waals surface area (Å²) in [5, 5.41) is 0. The monoisotopic (exact) mass is 384 g/mol. The number of rotatable bonds is 10. The summed E-state index contributed by atoms with van der Waals surface area (Å²) in [6.07, 6.45) is 0.381. The lowest BCUT2D eigenvalue weighted by Gasteiger charge is -2.19. The molecule has 0 amide bonds. The third-order valence-electron chi connectivity index (χ3n) is 4.68. The fourth-order valence-electron chi connectivity index (χ4n) is 3.31. The number of carbonyl (C=O) groups excluding carboxylic acids is 1. The summed E-state index contributed by atoms with van der Waals surface area (Å²) in [4.78, 5) is 11.8. The molecule has 0 radical (unpaired) electrons. The Kier molecular flexibility index (Phi) is 8.03. The zero-order chi connectivity index (χ0) is 19.6. The van der Waals surface area contributed by atoms with Gasteiger partial charge in [-0.1, -0.05) is 60.7 Å². The maximum atomic E-state index is 11.8. The standard InChI is InChI=1S/C23H28O5/c1-2-26-23(24)14-20-13-21(27-16-19-11-7-4-8-12-19)22(28-20)17-25-15-18-9-5-3-6-10-18/h3-12,20-22H,2,13-17H2,1H3/t20-,21+,22-/m1/s1. The summed E-state index contributed by atoms with van der Waals surface area (Å²) in [7, 11) is 0. The van der Waals surface area contributed by atoms with Crippen molar-refractivity contribution in [2.45, 2.75) is 51.3 Å². The van der Waals surface area contributed by atoms with Crippen molar-refractivity contribution in [1.29, 1.82) is 0 Å². The quantitative estimate of drug-likeness (QED) is 0.582. The Morgan fingerprint density at radius 1 is 1.00 bits per heavy atom. The molecule has 3 rings (SSSR count). The smallest absolute Gasteiger partial charge is 0.308 e. The normalized spacial score (nSPS) is 21.5. The van der Waals surface area contributed by atoms with Crippen LogP contribution in [0, 0.1) is 0 Å². The van der Waals surface area contributed by atoms with E-state index in [2.05, 4.69) is 0 Å². The number of carbonyl (C=O) groups is 1. The molecule has 28 heavy (non-hydrogen) atoms. The van der Waals surface area contributed by atoms with Gasteiger partial charge in [-0.15, -0.1) is 0 Å². The largest absolute Gasteiger partial charge is 0.466 e. The van der Waals surface area contributed by atoms with Crippen LogP contribution in [-0.4, -0.2) is 37.5 Å². The van der Waals surface area contributed by atoms with Gasteiger partial charge in [-0.25, -0.2) is 0 Å². The van der Waals surface area contributed by atoms with Crippen LogP contribution in [0.25, 0.3) is 0 Å². The lowest BCUT2D eigenvalue weighted by atomic mass is 10.1. The Balaban J connectivity index is 1.53. The minimum atomic E-state index is -0.236. The van der Waals surface area contributed by atoms with E-state index in [0.29, 0.717) is 32.8 Å². The Morgan fingerprint density at radius 3 is 2.29 bits per heavy atom. The summed E-state index contributed by atoms with van der Waals surface area (Å²) in [6, 6.07) is 20.1. The second kappa shape index (κ2) is 11.0. The Morgan fingerprint density at radius 2 is 1.64 bits per heavy atom. The molecule has 2 aromatic rings. The van der Waals surface area contributed by atoms with Gasteiger partial charge in [-0.05, 0) is 18.1 Å². The second-order valence-corrected chi connectivity index (χ2v) is 6.88. The minimum absolute atomic E-state index is 0.115. The van der Waals surface area contributed by atoms with Gasteiger partial charge in [-0.3, -0.25) is 4.79 Å². The molecule has 0 unspecified atom stereocenters. The van der Waals surface area contributed by atoms with Crippen LogP contribution in [0.2, 0.25) is 0 Å². The predicted molar refractivity (Wildman–Crippen MR) is 106 cm³/mol. The van der Waals surface area contributed by atoms with Gasteiger partial charge in [0.25, 0.3) is 0 Å². The van der Waals surface area contributed by atoms with Crippen LogP contribution in [0.1, 0.15) is 30.9 Å². The zero-order valence-electron chi connectivity index (χ0n) is 16.3. The van der Waals surface area contributed by atoms with Gasteiger partial charge in [0.2, 0.25) is 0 Å². The fourth-order valence-corrected chi connectivity index (χ4v) is 3.31. The minimum Gasteiger partial charge on any atom is -0.466 e. The highest BCUT2D eigenvalue weighted by Crippen LogP contribution is 2.27. The highest BCUT2D eigenvalue weighted by Gasteiger charge is 2.37. The lowest BCUT2D eigenvalue weighted by Crippen LogP contribution is -2.29. The molecule has 150 valence electrons. The van der Waals surface area contributed by atoms with Crippen LogP contribution in [0.5, 0.6) is 0 Å². The van der Waals surface area contributed by atoms with Crippen molar-refractivity contribution >= 4 is 5.97 Å². The molecule has 1 saturated heterocycles. The van der Waals surface area contributed by atoms with E-state index in [4.69, 9.17) is 18.9 Å². The average Bonchev–Trinajstić information content (AvgIpc) is 3.09. The number of esters is 1. The first-order chi connectivity index (χ1) is 13.7. The van der Waals surface area contributed by atoms with E-state index in [1.807, 2.05) is 60.7 Å². The topological polar surface area (TPSA) is 54.0 Å².